The molecule has 0 amide bonds. The van der Waals surface area contributed by atoms with E-state index in [4.69, 9.17) is 4.99 Å². The number of para-hydroxylation sites is 1. The van der Waals surface area contributed by atoms with Crippen molar-refractivity contribution in [2.75, 3.05) is 0 Å². The van der Waals surface area contributed by atoms with Gasteiger partial charge in [0, 0.05) is 11.3 Å². The summed E-state index contributed by atoms with van der Waals surface area (Å²) in [6.45, 7) is 0. The van der Waals surface area contributed by atoms with Crippen LogP contribution < -0.4 is 10.6 Å². The summed E-state index contributed by atoms with van der Waals surface area (Å²) in [6, 6.07) is 91.4. The first kappa shape index (κ1) is 42.0. The molecule has 336 valence electrons. The van der Waals surface area contributed by atoms with Gasteiger partial charge < -0.3 is 5.32 Å². The summed E-state index contributed by atoms with van der Waals surface area (Å²) < 4.78 is 2.15. The van der Waals surface area contributed by atoms with Gasteiger partial charge in [0.05, 0.1) is 11.0 Å². The third-order valence-corrected chi connectivity index (χ3v) is 14.0. The van der Waals surface area contributed by atoms with Crippen LogP contribution in [0.2, 0.25) is 0 Å². The molecule has 71 heavy (non-hydrogen) atoms. The van der Waals surface area contributed by atoms with E-state index >= 15 is 0 Å². The van der Waals surface area contributed by atoms with Crippen LogP contribution in [0.15, 0.2) is 266 Å². The fraction of sp³-hybridized carbons (Fsp3) is 0.0303. The van der Waals surface area contributed by atoms with Crippen molar-refractivity contribution in [3.8, 4) is 61.3 Å². The zero-order valence-electron chi connectivity index (χ0n) is 38.8. The highest BCUT2D eigenvalue weighted by Crippen LogP contribution is 2.42. The average molecular weight is 910 g/mol. The molecular weight excluding hydrogens is 863 g/mol. The van der Waals surface area contributed by atoms with Crippen LogP contribution in [0.1, 0.15) is 29.0 Å². The molecule has 0 saturated heterocycles. The van der Waals surface area contributed by atoms with Gasteiger partial charge in [0.2, 0.25) is 0 Å². The van der Waals surface area contributed by atoms with Crippen molar-refractivity contribution in [3.63, 3.8) is 0 Å². The second-order valence-electron chi connectivity index (χ2n) is 18.2. The average Bonchev–Trinajstić information content (AvgIpc) is 3.89. The molecule has 0 aliphatic carbocycles. The lowest BCUT2D eigenvalue weighted by Gasteiger charge is -2.32. The van der Waals surface area contributed by atoms with E-state index < -0.39 is 0 Å². The molecule has 1 aromatic heterocycles. The van der Waals surface area contributed by atoms with Crippen molar-refractivity contribution in [1.82, 2.24) is 20.2 Å². The van der Waals surface area contributed by atoms with E-state index in [1.807, 2.05) is 12.4 Å². The van der Waals surface area contributed by atoms with Crippen molar-refractivity contribution in [3.05, 3.63) is 278 Å². The Morgan fingerprint density at radius 1 is 0.352 bits per heavy atom. The fourth-order valence-corrected chi connectivity index (χ4v) is 10.4. The summed E-state index contributed by atoms with van der Waals surface area (Å²) in [7, 11) is 0. The molecule has 2 N–H and O–H groups in total. The summed E-state index contributed by atoms with van der Waals surface area (Å²) >= 11 is 0. The number of amidine groups is 1. The predicted molar refractivity (Wildman–Crippen MR) is 294 cm³/mol. The first-order chi connectivity index (χ1) is 35.2. The predicted octanol–water partition coefficient (Wildman–Crippen LogP) is 16.0. The van der Waals surface area contributed by atoms with Gasteiger partial charge in [-0.3, -0.25) is 9.88 Å². The number of hydrogen-bond donors (Lipinski definition) is 2. The van der Waals surface area contributed by atoms with Crippen LogP contribution in [-0.4, -0.2) is 15.4 Å². The second kappa shape index (κ2) is 18.1. The molecule has 12 aromatic rings. The van der Waals surface area contributed by atoms with Gasteiger partial charge in [-0.1, -0.05) is 231 Å². The van der Waals surface area contributed by atoms with E-state index in [2.05, 4.69) is 269 Å². The molecule has 11 aromatic carbocycles. The Labute approximate surface area is 413 Å². The minimum absolute atomic E-state index is 0.117. The molecule has 2 atom stereocenters. The van der Waals surface area contributed by atoms with Crippen LogP contribution in [0, 0.1) is 0 Å². The lowest BCUT2D eigenvalue weighted by atomic mass is 9.88. The van der Waals surface area contributed by atoms with Crippen molar-refractivity contribution < 1.29 is 0 Å². The monoisotopic (exact) mass is 909 g/mol. The molecule has 1 aliphatic rings. The maximum absolute atomic E-state index is 5.28. The van der Waals surface area contributed by atoms with E-state index in [1.54, 1.807) is 0 Å². The minimum Gasteiger partial charge on any atom is -0.350 e. The van der Waals surface area contributed by atoms with E-state index in [0.717, 1.165) is 50.4 Å². The molecule has 0 saturated carbocycles. The number of nitrogens with one attached hydrogen (secondary N) is 2. The summed E-state index contributed by atoms with van der Waals surface area (Å²) in [4.78, 5) is 9.95. The first-order valence-corrected chi connectivity index (χ1v) is 24.3. The molecule has 5 heteroatoms. The highest BCUT2D eigenvalue weighted by molar-refractivity contribution is 6.12. The van der Waals surface area contributed by atoms with E-state index in [1.165, 1.54) is 66.1 Å². The Morgan fingerprint density at radius 3 is 1.41 bits per heavy atom. The van der Waals surface area contributed by atoms with Crippen molar-refractivity contribution in [2.24, 2.45) is 4.99 Å². The smallest absolute Gasteiger partial charge is 0.131 e. The molecule has 5 nitrogen and oxygen atoms in total. The zero-order valence-corrected chi connectivity index (χ0v) is 38.8. The van der Waals surface area contributed by atoms with Crippen LogP contribution in [0.3, 0.4) is 0 Å². The Balaban J connectivity index is 0.803. The molecule has 13 rings (SSSR count). The molecular formula is C66H47N5. The summed E-state index contributed by atoms with van der Waals surface area (Å²) in [5.74, 6) is 0.859. The molecule has 0 bridgehead atoms. The number of aromatic nitrogens is 2. The van der Waals surface area contributed by atoms with Gasteiger partial charge in [-0.25, -0.2) is 9.98 Å². The van der Waals surface area contributed by atoms with Gasteiger partial charge >= 0.3 is 0 Å². The fourth-order valence-electron chi connectivity index (χ4n) is 10.4. The van der Waals surface area contributed by atoms with Crippen LogP contribution in [-0.2, 0) is 0 Å². The van der Waals surface area contributed by atoms with Crippen molar-refractivity contribution in [2.45, 2.75) is 12.3 Å². The number of imidazole rings is 1. The van der Waals surface area contributed by atoms with Crippen LogP contribution in [0.25, 0.3) is 93.9 Å². The van der Waals surface area contributed by atoms with Crippen LogP contribution >= 0.6 is 0 Å². The summed E-state index contributed by atoms with van der Waals surface area (Å²) in [5.41, 5.74) is 18.4. The zero-order chi connectivity index (χ0) is 47.1. The Kier molecular flexibility index (Phi) is 10.7. The Bertz CT molecular complexity index is 3900. The van der Waals surface area contributed by atoms with Crippen LogP contribution in [0.5, 0.6) is 0 Å². The number of benzene rings is 11. The van der Waals surface area contributed by atoms with Gasteiger partial charge in [-0.15, -0.1) is 0 Å². The highest BCUT2D eigenvalue weighted by Gasteiger charge is 2.26. The largest absolute Gasteiger partial charge is 0.350 e. The van der Waals surface area contributed by atoms with Gasteiger partial charge in [0.1, 0.15) is 24.5 Å². The summed E-state index contributed by atoms with van der Waals surface area (Å²) in [6.07, 6.45) is 1.56. The molecule has 1 aliphatic heterocycles. The number of rotatable bonds is 9. The molecule has 2 unspecified atom stereocenters. The van der Waals surface area contributed by atoms with E-state index in [-0.39, 0.29) is 12.3 Å². The first-order valence-electron chi connectivity index (χ1n) is 24.3. The normalized spacial score (nSPS) is 14.6. The highest BCUT2D eigenvalue weighted by atomic mass is 15.3. The number of fused-ring (bicyclic) bond motifs is 3. The SMILES string of the molecule is c1ccc(-c2ccc(C3N=C(c4ccc(-c5ccc(-c6ccc(-c7ccc(-c8ccc9ncn(-c%10ccccc%10)c9c8)cc7)c7ccccc67)c6ccccc56)cc4)NC(c4ccccc4)N3)cc2)cc1. The molecule has 0 fully saturated rings. The Morgan fingerprint density at radius 2 is 0.803 bits per heavy atom. The molecule has 0 spiro atoms. The second-order valence-corrected chi connectivity index (χ2v) is 18.2. The van der Waals surface area contributed by atoms with Gasteiger partial charge in [-0.05, 0) is 113 Å². The van der Waals surface area contributed by atoms with E-state index in [0.29, 0.717) is 0 Å². The maximum Gasteiger partial charge on any atom is 0.131 e. The molecule has 0 radical (unpaired) electrons. The quantitative estimate of drug-likeness (QED) is 0.152. The van der Waals surface area contributed by atoms with Gasteiger partial charge in [0.25, 0.3) is 0 Å². The number of nitrogens with zero attached hydrogens (tertiary/aromatic N) is 3. The topological polar surface area (TPSA) is 54.2 Å². The van der Waals surface area contributed by atoms with Crippen molar-refractivity contribution in [1.29, 1.82) is 0 Å². The standard InChI is InChI=1S/C66H47N5/c1-4-14-44(15-5-1)45-26-32-50(33-27-45)65-68-64(49-16-6-2-7-17-49)69-66(70-65)51-34-30-48(31-35-51)55-38-40-61(59-23-13-11-21-57(55)59)60-39-37-54(56-20-10-12-22-58(56)60)47-28-24-46(25-29-47)52-36-41-62-63(42-52)71(43-67-62)53-18-8-3-9-19-53/h1-43,64-65,68H,(H,69,70). The number of aliphatic imine (C=N–C) groups is 1. The van der Waals surface area contributed by atoms with Crippen molar-refractivity contribution >= 4 is 38.4 Å². The maximum atomic E-state index is 5.28. The van der Waals surface area contributed by atoms with Gasteiger partial charge in [-0.2, -0.15) is 0 Å². The minimum atomic E-state index is -0.229. The summed E-state index contributed by atoms with van der Waals surface area (Å²) in [5, 5.41) is 12.4. The Hall–Kier alpha value is -9.16. The lowest BCUT2D eigenvalue weighted by molar-refractivity contribution is 0.409. The number of hydrogen-bond acceptors (Lipinski definition) is 4. The third-order valence-electron chi connectivity index (χ3n) is 14.0. The third kappa shape index (κ3) is 7.94. The van der Waals surface area contributed by atoms with Gasteiger partial charge in [0.15, 0.2) is 0 Å². The van der Waals surface area contributed by atoms with E-state index in [9.17, 15) is 0 Å². The van der Waals surface area contributed by atoms with Crippen LogP contribution in [0.4, 0.5) is 0 Å². The molecule has 2 heterocycles. The lowest BCUT2D eigenvalue weighted by Crippen LogP contribution is -2.44.